The van der Waals surface area contributed by atoms with E-state index in [-0.39, 0.29) is 12.5 Å². The summed E-state index contributed by atoms with van der Waals surface area (Å²) in [6, 6.07) is 18.9. The fraction of sp³-hybridized carbons (Fsp3) is 0.105. The molecule has 0 spiro atoms. The zero-order valence-electron chi connectivity index (χ0n) is 14.6. The van der Waals surface area contributed by atoms with Crippen LogP contribution in [0.2, 0.25) is 0 Å². The van der Waals surface area contributed by atoms with Crippen LogP contribution in [0.15, 0.2) is 71.4 Å². The second kappa shape index (κ2) is 7.20. The van der Waals surface area contributed by atoms with Crippen LogP contribution < -0.4 is 0 Å². The van der Waals surface area contributed by atoms with Gasteiger partial charge in [-0.2, -0.15) is 4.98 Å². The number of benzene rings is 2. The maximum absolute atomic E-state index is 12.8. The van der Waals surface area contributed by atoms with E-state index < -0.39 is 0 Å². The van der Waals surface area contributed by atoms with E-state index >= 15 is 0 Å². The summed E-state index contributed by atoms with van der Waals surface area (Å²) >= 11 is 0. The molecule has 0 aliphatic heterocycles. The maximum atomic E-state index is 12.8. The summed E-state index contributed by atoms with van der Waals surface area (Å²) in [6.45, 7) is 0.179. The Labute approximate surface area is 155 Å². The minimum atomic E-state index is -0.247. The number of para-hydroxylation sites is 1. The molecule has 1 amide bonds. The smallest absolute Gasteiger partial charge is 0.274 e. The van der Waals surface area contributed by atoms with E-state index in [0.717, 1.165) is 11.3 Å². The predicted octanol–water partition coefficient (Wildman–Crippen LogP) is 2.59. The van der Waals surface area contributed by atoms with Gasteiger partial charge in [-0.25, -0.2) is 4.68 Å². The first-order valence-corrected chi connectivity index (χ1v) is 8.32. The first kappa shape index (κ1) is 16.6. The van der Waals surface area contributed by atoms with Crippen molar-refractivity contribution in [2.75, 3.05) is 7.05 Å². The van der Waals surface area contributed by atoms with Gasteiger partial charge >= 0.3 is 0 Å². The molecule has 2 aromatic heterocycles. The summed E-state index contributed by atoms with van der Waals surface area (Å²) in [5, 5.41) is 11.8. The second-order valence-electron chi connectivity index (χ2n) is 5.91. The molecular formula is C19H16N6O2. The van der Waals surface area contributed by atoms with Crippen molar-refractivity contribution in [1.29, 1.82) is 0 Å². The molecule has 0 radical (unpaired) electrons. The number of amides is 1. The summed E-state index contributed by atoms with van der Waals surface area (Å²) in [6.07, 6.45) is 1.44. The molecule has 8 heteroatoms. The summed E-state index contributed by atoms with van der Waals surface area (Å²) in [5.41, 5.74) is 1.97. The molecule has 4 aromatic rings. The highest BCUT2D eigenvalue weighted by molar-refractivity contribution is 5.92. The van der Waals surface area contributed by atoms with Gasteiger partial charge in [0.2, 0.25) is 11.7 Å². The van der Waals surface area contributed by atoms with Gasteiger partial charge in [-0.15, -0.1) is 5.10 Å². The maximum Gasteiger partial charge on any atom is 0.274 e. The highest BCUT2D eigenvalue weighted by atomic mass is 16.5. The van der Waals surface area contributed by atoms with Gasteiger partial charge in [0.15, 0.2) is 5.69 Å². The van der Waals surface area contributed by atoms with E-state index in [0.29, 0.717) is 17.4 Å². The third kappa shape index (κ3) is 3.45. The molecule has 0 saturated carbocycles. The zero-order chi connectivity index (χ0) is 18.6. The van der Waals surface area contributed by atoms with E-state index in [1.807, 2.05) is 60.7 Å². The number of rotatable bonds is 5. The van der Waals surface area contributed by atoms with E-state index in [2.05, 4.69) is 20.5 Å². The number of aromatic nitrogens is 5. The molecule has 0 aliphatic rings. The predicted molar refractivity (Wildman–Crippen MR) is 96.9 cm³/mol. The minimum Gasteiger partial charge on any atom is -0.337 e. The van der Waals surface area contributed by atoms with Crippen molar-refractivity contribution in [3.8, 4) is 17.1 Å². The lowest BCUT2D eigenvalue weighted by molar-refractivity contribution is 0.0760. The van der Waals surface area contributed by atoms with Gasteiger partial charge in [0, 0.05) is 12.6 Å². The molecule has 0 unspecified atom stereocenters. The van der Waals surface area contributed by atoms with Crippen molar-refractivity contribution in [3.05, 3.63) is 78.4 Å². The van der Waals surface area contributed by atoms with E-state index in [1.54, 1.807) is 7.05 Å². The van der Waals surface area contributed by atoms with E-state index in [9.17, 15) is 4.79 Å². The van der Waals surface area contributed by atoms with Crippen molar-refractivity contribution in [1.82, 2.24) is 30.0 Å². The first-order valence-electron chi connectivity index (χ1n) is 8.32. The lowest BCUT2D eigenvalue weighted by Gasteiger charge is -2.15. The van der Waals surface area contributed by atoms with Crippen LogP contribution in [-0.4, -0.2) is 43.0 Å². The number of hydrogen-bond acceptors (Lipinski definition) is 6. The van der Waals surface area contributed by atoms with Crippen molar-refractivity contribution in [2.45, 2.75) is 6.54 Å². The Bertz CT molecular complexity index is 1040. The summed E-state index contributed by atoms with van der Waals surface area (Å²) in [5.74, 6) is 0.592. The van der Waals surface area contributed by atoms with Gasteiger partial charge in [-0.1, -0.05) is 58.9 Å². The Morgan fingerprint density at radius 1 is 1.07 bits per heavy atom. The highest BCUT2D eigenvalue weighted by Crippen LogP contribution is 2.16. The molecule has 2 aromatic carbocycles. The largest absolute Gasteiger partial charge is 0.337 e. The molecule has 0 aliphatic carbocycles. The average molecular weight is 360 g/mol. The molecule has 134 valence electrons. The number of hydrogen-bond donors (Lipinski definition) is 0. The molecular weight excluding hydrogens is 344 g/mol. The lowest BCUT2D eigenvalue weighted by Crippen LogP contribution is -2.28. The normalized spacial score (nSPS) is 10.7. The molecule has 8 nitrogen and oxygen atoms in total. The van der Waals surface area contributed by atoms with Crippen LogP contribution in [0.5, 0.6) is 0 Å². The van der Waals surface area contributed by atoms with E-state index in [4.69, 9.17) is 4.52 Å². The van der Waals surface area contributed by atoms with Gasteiger partial charge in [0.25, 0.3) is 5.91 Å². The number of nitrogens with zero attached hydrogens (tertiary/aromatic N) is 6. The van der Waals surface area contributed by atoms with Crippen LogP contribution in [0.25, 0.3) is 17.1 Å². The summed E-state index contributed by atoms with van der Waals surface area (Å²) in [7, 11) is 1.66. The van der Waals surface area contributed by atoms with Crippen LogP contribution in [0, 0.1) is 0 Å². The Kier molecular flexibility index (Phi) is 4.44. The van der Waals surface area contributed by atoms with Crippen molar-refractivity contribution < 1.29 is 9.32 Å². The van der Waals surface area contributed by atoms with Gasteiger partial charge in [0.1, 0.15) is 6.54 Å². The molecule has 2 heterocycles. The fourth-order valence-electron chi connectivity index (χ4n) is 2.63. The van der Waals surface area contributed by atoms with Crippen molar-refractivity contribution in [2.24, 2.45) is 0 Å². The Morgan fingerprint density at radius 3 is 2.52 bits per heavy atom. The highest BCUT2D eigenvalue weighted by Gasteiger charge is 2.21. The van der Waals surface area contributed by atoms with Gasteiger partial charge in [0.05, 0.1) is 11.9 Å². The molecule has 27 heavy (non-hydrogen) atoms. The molecule has 0 bridgehead atoms. The summed E-state index contributed by atoms with van der Waals surface area (Å²) < 4.78 is 6.78. The van der Waals surface area contributed by atoms with Crippen molar-refractivity contribution >= 4 is 5.91 Å². The number of carbonyl (C=O) groups excluding carboxylic acids is 1. The topological polar surface area (TPSA) is 89.9 Å². The molecule has 0 fully saturated rings. The van der Waals surface area contributed by atoms with Crippen LogP contribution in [0.4, 0.5) is 0 Å². The fourth-order valence-corrected chi connectivity index (χ4v) is 2.63. The van der Waals surface area contributed by atoms with Crippen LogP contribution in [0.3, 0.4) is 0 Å². The molecule has 4 rings (SSSR count). The Hall–Kier alpha value is -3.81. The summed E-state index contributed by atoms with van der Waals surface area (Å²) in [4.78, 5) is 18.7. The van der Waals surface area contributed by atoms with Crippen LogP contribution in [0.1, 0.15) is 16.4 Å². The Balaban J connectivity index is 1.51. The Morgan fingerprint density at radius 2 is 1.78 bits per heavy atom. The van der Waals surface area contributed by atoms with E-state index in [1.165, 1.54) is 15.8 Å². The SMILES string of the molecule is CN(Cc1nc(-c2ccccc2)no1)C(=O)c1cnnn1-c1ccccc1. The average Bonchev–Trinajstić information content (AvgIpc) is 3.38. The third-order valence-electron chi connectivity index (χ3n) is 3.99. The minimum absolute atomic E-state index is 0.179. The third-order valence-corrected chi connectivity index (χ3v) is 3.99. The molecule has 0 saturated heterocycles. The monoisotopic (exact) mass is 360 g/mol. The molecule has 0 atom stereocenters. The molecule has 0 N–H and O–H groups in total. The second-order valence-corrected chi connectivity index (χ2v) is 5.91. The van der Waals surface area contributed by atoms with Crippen LogP contribution >= 0.6 is 0 Å². The number of carbonyl (C=O) groups is 1. The zero-order valence-corrected chi connectivity index (χ0v) is 14.6. The lowest BCUT2D eigenvalue weighted by atomic mass is 10.2. The van der Waals surface area contributed by atoms with Crippen LogP contribution in [-0.2, 0) is 6.54 Å². The quantitative estimate of drug-likeness (QED) is 0.543. The van der Waals surface area contributed by atoms with Gasteiger partial charge in [-0.05, 0) is 12.1 Å². The standard InChI is InChI=1S/C19H16N6O2/c1-24(13-17-21-18(22-27-17)14-8-4-2-5-9-14)19(26)16-12-20-23-25(16)15-10-6-3-7-11-15/h2-12H,13H2,1H3. The first-order chi connectivity index (χ1) is 13.2. The van der Waals surface area contributed by atoms with Gasteiger partial charge in [-0.3, -0.25) is 4.79 Å². The van der Waals surface area contributed by atoms with Gasteiger partial charge < -0.3 is 9.42 Å². The van der Waals surface area contributed by atoms with Crippen molar-refractivity contribution in [3.63, 3.8) is 0 Å².